The third-order valence-corrected chi connectivity index (χ3v) is 5.33. The van der Waals surface area contributed by atoms with Gasteiger partial charge in [-0.2, -0.15) is 0 Å². The number of carboxylic acids is 1. The van der Waals surface area contributed by atoms with E-state index in [1.165, 1.54) is 25.7 Å². The Morgan fingerprint density at radius 3 is 2.27 bits per heavy atom. The van der Waals surface area contributed by atoms with Gasteiger partial charge in [0.25, 0.3) is 5.60 Å². The third kappa shape index (κ3) is 3.57. The molecule has 2 aliphatic rings. The predicted octanol–water partition coefficient (Wildman–Crippen LogP) is 1.30. The van der Waals surface area contributed by atoms with E-state index in [1.807, 2.05) is 0 Å². The normalized spacial score (nSPS) is 33.5. The van der Waals surface area contributed by atoms with Crippen LogP contribution in [0.5, 0.6) is 0 Å². The zero-order valence-electron chi connectivity index (χ0n) is 15.1. The lowest BCUT2D eigenvalue weighted by molar-refractivity contribution is -0.195. The number of rotatable bonds is 10. The van der Waals surface area contributed by atoms with Crippen LogP contribution in [0.2, 0.25) is 0 Å². The van der Waals surface area contributed by atoms with Crippen molar-refractivity contribution in [1.29, 1.82) is 0 Å². The molecule has 0 aromatic heterocycles. The molecule has 2 aliphatic heterocycles. The number of cyclic esters (lactones) is 1. The van der Waals surface area contributed by atoms with Gasteiger partial charge in [-0.3, -0.25) is 0 Å². The fourth-order valence-corrected chi connectivity index (χ4v) is 3.74. The molecule has 2 saturated heterocycles. The van der Waals surface area contributed by atoms with Crippen LogP contribution in [0, 0.1) is 0 Å². The van der Waals surface area contributed by atoms with Crippen molar-refractivity contribution in [1.82, 2.24) is 0 Å². The van der Waals surface area contributed by atoms with E-state index < -0.39 is 41.3 Å². The molecular weight excluding hydrogens is 344 g/mol. The molecule has 0 radical (unpaired) electrons. The van der Waals surface area contributed by atoms with Gasteiger partial charge >= 0.3 is 17.9 Å². The van der Waals surface area contributed by atoms with Crippen LogP contribution in [0.4, 0.5) is 0 Å². The van der Waals surface area contributed by atoms with Crippen molar-refractivity contribution < 1.29 is 39.2 Å². The molecule has 148 valence electrons. The number of unbranched alkanes of at least 4 members (excludes halogenated alkanes) is 7. The summed E-state index contributed by atoms with van der Waals surface area (Å²) < 4.78 is 9.98. The van der Waals surface area contributed by atoms with Gasteiger partial charge in [-0.1, -0.05) is 51.9 Å². The molecule has 26 heavy (non-hydrogen) atoms. The fraction of sp³-hybridized carbons (Fsp3) is 0.833. The number of aliphatic hydroxyl groups excluding tert-OH is 1. The molecule has 8 nitrogen and oxygen atoms in total. The summed E-state index contributed by atoms with van der Waals surface area (Å²) in [6, 6.07) is 0. The Labute approximate surface area is 152 Å². The summed E-state index contributed by atoms with van der Waals surface area (Å²) in [7, 11) is 0. The number of aliphatic carboxylic acids is 1. The van der Waals surface area contributed by atoms with Crippen LogP contribution in [0.1, 0.15) is 71.1 Å². The second kappa shape index (κ2) is 8.35. The van der Waals surface area contributed by atoms with E-state index in [9.17, 15) is 29.7 Å². The van der Waals surface area contributed by atoms with Crippen molar-refractivity contribution in [3.8, 4) is 0 Å². The topological polar surface area (TPSA) is 130 Å². The Morgan fingerprint density at radius 1 is 1.12 bits per heavy atom. The number of esters is 2. The molecule has 0 aromatic carbocycles. The van der Waals surface area contributed by atoms with Crippen molar-refractivity contribution in [2.45, 2.75) is 94.5 Å². The van der Waals surface area contributed by atoms with Gasteiger partial charge in [0.2, 0.25) is 5.60 Å². The van der Waals surface area contributed by atoms with E-state index >= 15 is 0 Å². The molecule has 0 aliphatic carbocycles. The van der Waals surface area contributed by atoms with Crippen molar-refractivity contribution >= 4 is 17.9 Å². The lowest BCUT2D eigenvalue weighted by Crippen LogP contribution is -2.63. The van der Waals surface area contributed by atoms with Crippen LogP contribution in [0.3, 0.4) is 0 Å². The highest BCUT2D eigenvalue weighted by atomic mass is 16.7. The van der Waals surface area contributed by atoms with Gasteiger partial charge in [-0.25, -0.2) is 14.4 Å². The van der Waals surface area contributed by atoms with Crippen LogP contribution in [0.15, 0.2) is 0 Å². The molecule has 3 N–H and O–H groups in total. The first-order valence-electron chi connectivity index (χ1n) is 9.37. The molecule has 2 fully saturated rings. The second-order valence-electron chi connectivity index (χ2n) is 7.22. The SMILES string of the molecule is CCCCCCCCCC[C@@H]1C[C@@]2(OC(=O)[C@H](O)[C@]2(O)C(=O)O)C(=O)O1. The standard InChI is InChI=1S/C18H28O8/c1-2-3-4-5-6-7-8-9-10-12-11-17(16(23)25-12)18(24,15(21)22)13(19)14(20)26-17/h12-13,19,24H,2-11H2,1H3,(H,21,22)/t12-,13+,17-,18+/m1/s1. The average molecular weight is 372 g/mol. The maximum atomic E-state index is 12.2. The Balaban J connectivity index is 1.86. The van der Waals surface area contributed by atoms with Crippen LogP contribution in [-0.4, -0.2) is 56.6 Å². The zero-order chi connectivity index (χ0) is 19.4. The molecular formula is C18H28O8. The highest BCUT2D eigenvalue weighted by Crippen LogP contribution is 2.46. The predicted molar refractivity (Wildman–Crippen MR) is 89.1 cm³/mol. The summed E-state index contributed by atoms with van der Waals surface area (Å²) in [5.74, 6) is -4.34. The van der Waals surface area contributed by atoms with Gasteiger partial charge in [-0.15, -0.1) is 0 Å². The molecule has 0 saturated carbocycles. The van der Waals surface area contributed by atoms with Gasteiger partial charge in [0.05, 0.1) is 0 Å². The van der Waals surface area contributed by atoms with Crippen molar-refractivity contribution in [2.24, 2.45) is 0 Å². The van der Waals surface area contributed by atoms with Gasteiger partial charge in [-0.05, 0) is 12.8 Å². The van der Waals surface area contributed by atoms with E-state index in [2.05, 4.69) is 6.92 Å². The highest BCUT2D eigenvalue weighted by Gasteiger charge is 2.78. The number of aliphatic hydroxyl groups is 2. The van der Waals surface area contributed by atoms with Crippen molar-refractivity contribution in [3.63, 3.8) is 0 Å². The Kier molecular flexibility index (Phi) is 6.63. The molecule has 8 heteroatoms. The number of hydrogen-bond acceptors (Lipinski definition) is 7. The third-order valence-electron chi connectivity index (χ3n) is 5.33. The molecule has 2 heterocycles. The van der Waals surface area contributed by atoms with Gasteiger partial charge in [0.15, 0.2) is 6.10 Å². The van der Waals surface area contributed by atoms with Crippen LogP contribution in [0.25, 0.3) is 0 Å². The van der Waals surface area contributed by atoms with E-state index in [4.69, 9.17) is 9.47 Å². The summed E-state index contributed by atoms with van der Waals surface area (Å²) in [5, 5.41) is 29.4. The Morgan fingerprint density at radius 2 is 1.69 bits per heavy atom. The smallest absolute Gasteiger partial charge is 0.354 e. The molecule has 0 unspecified atom stereocenters. The first kappa shape index (κ1) is 20.6. The molecule has 4 atom stereocenters. The minimum Gasteiger partial charge on any atom is -0.479 e. The number of ether oxygens (including phenoxy) is 2. The molecule has 0 amide bonds. The first-order chi connectivity index (χ1) is 12.3. The largest absolute Gasteiger partial charge is 0.479 e. The van der Waals surface area contributed by atoms with Gasteiger partial charge in [0.1, 0.15) is 6.10 Å². The van der Waals surface area contributed by atoms with Crippen molar-refractivity contribution in [2.75, 3.05) is 0 Å². The Hall–Kier alpha value is -1.67. The summed E-state index contributed by atoms with van der Waals surface area (Å²) in [4.78, 5) is 35.3. The molecule has 0 bridgehead atoms. The van der Waals surface area contributed by atoms with E-state index in [1.54, 1.807) is 0 Å². The lowest BCUT2D eigenvalue weighted by Gasteiger charge is -2.30. The summed E-state index contributed by atoms with van der Waals surface area (Å²) in [6.45, 7) is 2.17. The maximum absolute atomic E-state index is 12.2. The lowest BCUT2D eigenvalue weighted by atomic mass is 9.78. The quantitative estimate of drug-likeness (QED) is 0.386. The van der Waals surface area contributed by atoms with Crippen molar-refractivity contribution in [3.05, 3.63) is 0 Å². The minimum atomic E-state index is -3.03. The minimum absolute atomic E-state index is 0.270. The number of carbonyl (C=O) groups is 3. The van der Waals surface area contributed by atoms with Crippen LogP contribution < -0.4 is 0 Å². The number of hydrogen-bond donors (Lipinski definition) is 3. The van der Waals surface area contributed by atoms with E-state index in [-0.39, 0.29) is 6.42 Å². The molecule has 2 rings (SSSR count). The van der Waals surface area contributed by atoms with Crippen LogP contribution in [-0.2, 0) is 23.9 Å². The monoisotopic (exact) mass is 372 g/mol. The van der Waals surface area contributed by atoms with Gasteiger partial charge in [0, 0.05) is 6.42 Å². The van der Waals surface area contributed by atoms with Gasteiger partial charge < -0.3 is 24.8 Å². The van der Waals surface area contributed by atoms with E-state index in [0.717, 1.165) is 25.7 Å². The fourth-order valence-electron chi connectivity index (χ4n) is 3.74. The summed E-state index contributed by atoms with van der Waals surface area (Å²) in [6.07, 6.45) is 6.10. The first-order valence-corrected chi connectivity index (χ1v) is 9.37. The summed E-state index contributed by atoms with van der Waals surface area (Å²) in [5.41, 5.74) is -5.41. The number of carboxylic acid groups (broad SMARTS) is 1. The molecule has 0 aromatic rings. The number of carbonyl (C=O) groups excluding carboxylic acids is 2. The average Bonchev–Trinajstić information content (AvgIpc) is 3.01. The zero-order valence-corrected chi connectivity index (χ0v) is 15.1. The molecule has 1 spiro atoms. The second-order valence-corrected chi connectivity index (χ2v) is 7.22. The Bertz CT molecular complexity index is 547. The summed E-state index contributed by atoms with van der Waals surface area (Å²) >= 11 is 0. The van der Waals surface area contributed by atoms with E-state index in [0.29, 0.717) is 6.42 Å². The van der Waals surface area contributed by atoms with Crippen LogP contribution >= 0.6 is 0 Å². The highest BCUT2D eigenvalue weighted by molar-refractivity contribution is 6.02. The maximum Gasteiger partial charge on any atom is 0.354 e.